The third-order valence-electron chi connectivity index (χ3n) is 2.72. The zero-order valence-electron chi connectivity index (χ0n) is 7.29. The van der Waals surface area contributed by atoms with Crippen molar-refractivity contribution in [2.75, 3.05) is 0 Å². The minimum Gasteiger partial charge on any atom is -0.289 e. The highest BCUT2D eigenvalue weighted by Gasteiger charge is 2.16. The van der Waals surface area contributed by atoms with Crippen LogP contribution in [0, 0.1) is 6.92 Å². The van der Waals surface area contributed by atoms with E-state index in [9.17, 15) is 4.79 Å². The van der Waals surface area contributed by atoms with Gasteiger partial charge in [-0.2, -0.15) is 0 Å². The zero-order chi connectivity index (χ0) is 9.00. The fourth-order valence-electron chi connectivity index (χ4n) is 1.95. The maximum Gasteiger partial charge on any atom is 0.194 e. The van der Waals surface area contributed by atoms with E-state index in [0.29, 0.717) is 0 Å². The summed E-state index contributed by atoms with van der Waals surface area (Å²) in [5, 5.41) is 4.23. The Morgan fingerprint density at radius 1 is 1.08 bits per heavy atom. The van der Waals surface area contributed by atoms with Crippen LogP contribution >= 0.6 is 0 Å². The van der Waals surface area contributed by atoms with Gasteiger partial charge >= 0.3 is 0 Å². The molecule has 13 heavy (non-hydrogen) atoms. The second-order valence-corrected chi connectivity index (χ2v) is 3.47. The zero-order valence-corrected chi connectivity index (χ0v) is 7.29. The second kappa shape index (κ2) is 1.99. The smallest absolute Gasteiger partial charge is 0.194 e. The van der Waals surface area contributed by atoms with Crippen LogP contribution in [-0.2, 0) is 0 Å². The Morgan fingerprint density at radius 2 is 1.85 bits per heavy atom. The normalized spacial score (nSPS) is 11.8. The lowest BCUT2D eigenvalue weighted by atomic mass is 10.1. The maximum atomic E-state index is 11.3. The maximum absolute atomic E-state index is 11.3. The third kappa shape index (κ3) is 0.738. The van der Waals surface area contributed by atoms with E-state index in [1.165, 1.54) is 10.8 Å². The van der Waals surface area contributed by atoms with E-state index in [4.69, 9.17) is 0 Å². The van der Waals surface area contributed by atoms with Gasteiger partial charge in [0.15, 0.2) is 5.43 Å². The number of fused-ring (bicyclic) bond motifs is 2. The molecule has 0 unspecified atom stereocenters. The van der Waals surface area contributed by atoms with E-state index in [1.807, 2.05) is 31.2 Å². The lowest BCUT2D eigenvalue weighted by Gasteiger charge is -1.97. The molecule has 0 amide bonds. The molecule has 0 saturated heterocycles. The summed E-state index contributed by atoms with van der Waals surface area (Å²) in [6.07, 6.45) is 0. The van der Waals surface area contributed by atoms with E-state index in [0.717, 1.165) is 16.3 Å². The van der Waals surface area contributed by atoms with Crippen LogP contribution in [0.1, 0.15) is 5.56 Å². The molecule has 0 heterocycles. The quantitative estimate of drug-likeness (QED) is 0.504. The number of hydrogen-bond acceptors (Lipinski definition) is 1. The molecule has 3 aromatic carbocycles. The van der Waals surface area contributed by atoms with Gasteiger partial charge in [0, 0.05) is 10.8 Å². The highest BCUT2D eigenvalue weighted by Crippen LogP contribution is 2.28. The first-order valence-corrected chi connectivity index (χ1v) is 4.36. The van der Waals surface area contributed by atoms with E-state index < -0.39 is 0 Å². The molecule has 3 rings (SSSR count). The second-order valence-electron chi connectivity index (χ2n) is 3.47. The van der Waals surface area contributed by atoms with E-state index in [-0.39, 0.29) is 5.43 Å². The minimum absolute atomic E-state index is 0.230. The molecule has 1 nitrogen and oxygen atoms in total. The molecule has 62 valence electrons. The Hall–Kier alpha value is -1.63. The summed E-state index contributed by atoms with van der Waals surface area (Å²) in [6, 6.07) is 10.1. The van der Waals surface area contributed by atoms with Crippen LogP contribution in [0.25, 0.3) is 21.5 Å². The van der Waals surface area contributed by atoms with E-state index >= 15 is 0 Å². The number of hydrogen-bond donors (Lipinski definition) is 0. The lowest BCUT2D eigenvalue weighted by molar-refractivity contribution is 1.61. The Bertz CT molecular complexity index is 625. The molecule has 0 spiro atoms. The first-order valence-electron chi connectivity index (χ1n) is 4.36. The molecule has 0 fully saturated rings. The third-order valence-corrected chi connectivity index (χ3v) is 2.72. The fraction of sp³-hybridized carbons (Fsp3) is 0.0833. The predicted molar refractivity (Wildman–Crippen MR) is 54.8 cm³/mol. The molecule has 0 N–H and O–H groups in total. The highest BCUT2D eigenvalue weighted by molar-refractivity contribution is 6.10. The highest BCUT2D eigenvalue weighted by atomic mass is 16.1. The average Bonchev–Trinajstić information content (AvgIpc) is 2.78. The van der Waals surface area contributed by atoms with Crippen molar-refractivity contribution in [3.05, 3.63) is 46.1 Å². The summed E-state index contributed by atoms with van der Waals surface area (Å²) in [6.45, 7) is 2.02. The van der Waals surface area contributed by atoms with Gasteiger partial charge in [0.1, 0.15) is 0 Å². The molecule has 0 bridgehead atoms. The van der Waals surface area contributed by atoms with Gasteiger partial charge in [0.25, 0.3) is 0 Å². The Labute approximate surface area is 75.3 Å². The van der Waals surface area contributed by atoms with Crippen molar-refractivity contribution in [3.8, 4) is 0 Å². The molecule has 0 radical (unpaired) electrons. The van der Waals surface area contributed by atoms with E-state index in [1.54, 1.807) is 0 Å². The van der Waals surface area contributed by atoms with Crippen molar-refractivity contribution in [1.82, 2.24) is 0 Å². The molecule has 3 aromatic rings. The Balaban J connectivity index is 2.65. The largest absolute Gasteiger partial charge is 0.289 e. The van der Waals surface area contributed by atoms with Crippen molar-refractivity contribution in [3.63, 3.8) is 0 Å². The monoisotopic (exact) mass is 168 g/mol. The fourth-order valence-corrected chi connectivity index (χ4v) is 1.95. The van der Waals surface area contributed by atoms with Crippen LogP contribution in [0.4, 0.5) is 0 Å². The number of aryl methyl sites for hydroxylation is 1. The summed E-state index contributed by atoms with van der Waals surface area (Å²) in [4.78, 5) is 11.3. The van der Waals surface area contributed by atoms with Crippen molar-refractivity contribution in [1.29, 1.82) is 0 Å². The molecule has 0 aliphatic carbocycles. The van der Waals surface area contributed by atoms with Crippen LogP contribution < -0.4 is 5.43 Å². The van der Waals surface area contributed by atoms with Gasteiger partial charge in [-0.3, -0.25) is 4.79 Å². The average molecular weight is 168 g/mol. The minimum atomic E-state index is 0.230. The van der Waals surface area contributed by atoms with Crippen LogP contribution in [-0.4, -0.2) is 0 Å². The number of benzene rings is 2. The Kier molecular flexibility index (Phi) is 1.05. The predicted octanol–water partition coefficient (Wildman–Crippen LogP) is 2.54. The van der Waals surface area contributed by atoms with Gasteiger partial charge in [-0.05, 0) is 29.3 Å². The first kappa shape index (κ1) is 6.84. The summed E-state index contributed by atoms with van der Waals surface area (Å²) in [5.41, 5.74) is 1.37. The van der Waals surface area contributed by atoms with Gasteiger partial charge in [0.05, 0.1) is 0 Å². The van der Waals surface area contributed by atoms with Crippen LogP contribution in [0.5, 0.6) is 0 Å². The number of rotatable bonds is 0. The molecule has 0 aliphatic heterocycles. The van der Waals surface area contributed by atoms with Crippen LogP contribution in [0.15, 0.2) is 35.1 Å². The van der Waals surface area contributed by atoms with Gasteiger partial charge in [-0.25, -0.2) is 0 Å². The van der Waals surface area contributed by atoms with Crippen molar-refractivity contribution >= 4 is 21.5 Å². The van der Waals surface area contributed by atoms with Crippen molar-refractivity contribution in [2.45, 2.75) is 6.92 Å². The summed E-state index contributed by atoms with van der Waals surface area (Å²) in [5.74, 6) is 0. The summed E-state index contributed by atoms with van der Waals surface area (Å²) < 4.78 is 0. The van der Waals surface area contributed by atoms with Crippen molar-refractivity contribution < 1.29 is 0 Å². The molecule has 0 aromatic heterocycles. The van der Waals surface area contributed by atoms with Crippen LogP contribution in [0.3, 0.4) is 0 Å². The van der Waals surface area contributed by atoms with Crippen molar-refractivity contribution in [2.24, 2.45) is 0 Å². The molecular weight excluding hydrogens is 160 g/mol. The van der Waals surface area contributed by atoms with E-state index in [2.05, 4.69) is 6.07 Å². The van der Waals surface area contributed by atoms with Crippen LogP contribution in [0.2, 0.25) is 0 Å². The lowest BCUT2D eigenvalue weighted by Crippen LogP contribution is -1.75. The standard InChI is InChI=1S/C12H8O/c1-7-9-5-3-2-4-8(9)6-10-11(7)12(10)13/h2-6H,1H3. The Morgan fingerprint density at radius 3 is 2.69 bits per heavy atom. The topological polar surface area (TPSA) is 17.1 Å². The van der Waals surface area contributed by atoms with Gasteiger partial charge in [-0.15, -0.1) is 0 Å². The molecule has 1 heteroatoms. The molecule has 0 saturated carbocycles. The summed E-state index contributed by atoms with van der Waals surface area (Å²) in [7, 11) is 0. The molecular formula is C12H8O. The van der Waals surface area contributed by atoms with Gasteiger partial charge in [-0.1, -0.05) is 24.3 Å². The van der Waals surface area contributed by atoms with Gasteiger partial charge < -0.3 is 0 Å². The molecule has 0 aliphatic rings. The summed E-state index contributed by atoms with van der Waals surface area (Å²) >= 11 is 0. The first-order chi connectivity index (χ1) is 6.29. The SMILES string of the molecule is Cc1c2ccccc2cc2c(=O)c12. The van der Waals surface area contributed by atoms with Gasteiger partial charge in [0.2, 0.25) is 0 Å². The molecule has 0 atom stereocenters.